The summed E-state index contributed by atoms with van der Waals surface area (Å²) in [5.74, 6) is 2.49. The molecule has 0 aliphatic heterocycles. The predicted octanol–water partition coefficient (Wildman–Crippen LogP) is 5.19. The van der Waals surface area contributed by atoms with Crippen molar-refractivity contribution < 1.29 is 9.32 Å². The molecule has 1 heterocycles. The van der Waals surface area contributed by atoms with Crippen molar-refractivity contribution in [2.45, 2.75) is 6.92 Å². The molecule has 2 aromatic carbocycles. The van der Waals surface area contributed by atoms with Crippen LogP contribution in [0, 0.1) is 19.3 Å². The highest BCUT2D eigenvalue weighted by atomic mass is 35.5. The number of terminal acetylenes is 1. The summed E-state index contributed by atoms with van der Waals surface area (Å²) in [4.78, 5) is 12.8. The van der Waals surface area contributed by atoms with E-state index in [9.17, 15) is 4.79 Å². The fourth-order valence-corrected chi connectivity index (χ4v) is 2.99. The molecule has 0 saturated carbocycles. The number of carbonyl (C=O) groups excluding carboxylic acids is 1. The van der Waals surface area contributed by atoms with Gasteiger partial charge in [0.15, 0.2) is 0 Å². The van der Waals surface area contributed by atoms with Crippen LogP contribution in [0.2, 0.25) is 10.0 Å². The van der Waals surface area contributed by atoms with Gasteiger partial charge in [-0.25, -0.2) is 0 Å². The number of nitrogens with zero attached hydrogens (tertiary/aromatic N) is 1. The van der Waals surface area contributed by atoms with Crippen molar-refractivity contribution in [3.63, 3.8) is 0 Å². The number of anilines is 1. The quantitative estimate of drug-likeness (QED) is 0.645. The predicted molar refractivity (Wildman–Crippen MR) is 99.0 cm³/mol. The number of hydrogen-bond donors (Lipinski definition) is 1. The lowest BCUT2D eigenvalue weighted by molar-refractivity contribution is 0.102. The van der Waals surface area contributed by atoms with Crippen molar-refractivity contribution in [1.82, 2.24) is 5.16 Å². The zero-order valence-corrected chi connectivity index (χ0v) is 14.7. The van der Waals surface area contributed by atoms with Crippen LogP contribution in [0.4, 0.5) is 5.69 Å². The maximum absolute atomic E-state index is 12.8. The summed E-state index contributed by atoms with van der Waals surface area (Å²) in [6.45, 7) is 1.65. The summed E-state index contributed by atoms with van der Waals surface area (Å²) >= 11 is 12.5. The molecule has 0 unspecified atom stereocenters. The molecule has 1 aromatic heterocycles. The molecular formula is C19H12Cl2N2O2. The maximum atomic E-state index is 12.8. The van der Waals surface area contributed by atoms with Gasteiger partial charge in [-0.2, -0.15) is 0 Å². The van der Waals surface area contributed by atoms with Gasteiger partial charge in [0, 0.05) is 16.8 Å². The van der Waals surface area contributed by atoms with Crippen LogP contribution in [0.25, 0.3) is 11.3 Å². The number of aromatic nitrogens is 1. The first-order valence-electron chi connectivity index (χ1n) is 7.30. The van der Waals surface area contributed by atoms with Crippen LogP contribution in [0.5, 0.6) is 0 Å². The first-order chi connectivity index (χ1) is 12.0. The Hall–Kier alpha value is -2.74. The minimum absolute atomic E-state index is 0.265. The standard InChI is InChI=1S/C19H12Cl2N2O2/c1-3-12-6-4-7-13(10-12)22-19(24)16-11(2)25-23-18(16)17-14(20)8-5-9-15(17)21/h1,4-10H,2H3,(H,22,24). The normalized spacial score (nSPS) is 10.3. The van der Waals surface area contributed by atoms with Gasteiger partial charge in [0.25, 0.3) is 5.91 Å². The van der Waals surface area contributed by atoms with Gasteiger partial charge in [0.1, 0.15) is 17.0 Å². The Morgan fingerprint density at radius 1 is 1.20 bits per heavy atom. The van der Waals surface area contributed by atoms with E-state index in [1.807, 2.05) is 0 Å². The molecule has 0 radical (unpaired) electrons. The zero-order valence-electron chi connectivity index (χ0n) is 13.1. The number of carbonyl (C=O) groups is 1. The first kappa shape index (κ1) is 17.1. The molecule has 0 bridgehead atoms. The topological polar surface area (TPSA) is 55.1 Å². The summed E-state index contributed by atoms with van der Waals surface area (Å²) in [6.07, 6.45) is 5.38. The van der Waals surface area contributed by atoms with Crippen LogP contribution in [-0.4, -0.2) is 11.1 Å². The van der Waals surface area contributed by atoms with E-state index in [0.717, 1.165) is 0 Å². The summed E-state index contributed by atoms with van der Waals surface area (Å²) < 4.78 is 5.20. The van der Waals surface area contributed by atoms with E-state index >= 15 is 0 Å². The lowest BCUT2D eigenvalue weighted by Crippen LogP contribution is -2.13. The zero-order chi connectivity index (χ0) is 18.0. The van der Waals surface area contributed by atoms with E-state index in [1.54, 1.807) is 49.4 Å². The lowest BCUT2D eigenvalue weighted by atomic mass is 10.1. The molecular weight excluding hydrogens is 359 g/mol. The van der Waals surface area contributed by atoms with Gasteiger partial charge in [0.2, 0.25) is 0 Å². The van der Waals surface area contributed by atoms with Crippen LogP contribution < -0.4 is 5.32 Å². The Labute approximate surface area is 154 Å². The highest BCUT2D eigenvalue weighted by Crippen LogP contribution is 2.36. The van der Waals surface area contributed by atoms with E-state index < -0.39 is 0 Å². The van der Waals surface area contributed by atoms with Gasteiger partial charge >= 0.3 is 0 Å². The number of halogens is 2. The molecule has 1 amide bonds. The SMILES string of the molecule is C#Cc1cccc(NC(=O)c2c(-c3c(Cl)cccc3Cl)noc2C)c1. The molecule has 1 N–H and O–H groups in total. The number of benzene rings is 2. The van der Waals surface area contributed by atoms with Crippen molar-refractivity contribution in [1.29, 1.82) is 0 Å². The largest absolute Gasteiger partial charge is 0.360 e. The molecule has 124 valence electrons. The fraction of sp³-hybridized carbons (Fsp3) is 0.0526. The number of aryl methyl sites for hydroxylation is 1. The van der Waals surface area contributed by atoms with Crippen molar-refractivity contribution in [2.75, 3.05) is 5.32 Å². The summed E-state index contributed by atoms with van der Waals surface area (Å²) in [7, 11) is 0. The van der Waals surface area contributed by atoms with Crippen LogP contribution >= 0.6 is 23.2 Å². The monoisotopic (exact) mass is 370 g/mol. The minimum atomic E-state index is -0.390. The van der Waals surface area contributed by atoms with E-state index in [2.05, 4.69) is 16.4 Å². The van der Waals surface area contributed by atoms with E-state index in [0.29, 0.717) is 38.3 Å². The average molecular weight is 371 g/mol. The second-order valence-electron chi connectivity index (χ2n) is 5.24. The molecule has 6 heteroatoms. The Kier molecular flexibility index (Phi) is 4.80. The van der Waals surface area contributed by atoms with Gasteiger partial charge in [-0.1, -0.05) is 46.4 Å². The van der Waals surface area contributed by atoms with Crippen molar-refractivity contribution in [2.24, 2.45) is 0 Å². The third-order valence-corrected chi connectivity index (χ3v) is 4.21. The second-order valence-corrected chi connectivity index (χ2v) is 6.05. The molecule has 0 aliphatic carbocycles. The molecule has 0 spiro atoms. The van der Waals surface area contributed by atoms with Crippen molar-refractivity contribution >= 4 is 34.8 Å². The molecule has 0 fully saturated rings. The lowest BCUT2D eigenvalue weighted by Gasteiger charge is -2.08. The summed E-state index contributed by atoms with van der Waals surface area (Å²) in [5.41, 5.74) is 2.23. The Balaban J connectivity index is 2.02. The van der Waals surface area contributed by atoms with E-state index in [1.165, 1.54) is 0 Å². The fourth-order valence-electron chi connectivity index (χ4n) is 2.41. The van der Waals surface area contributed by atoms with Gasteiger partial charge in [-0.3, -0.25) is 4.79 Å². The van der Waals surface area contributed by atoms with Crippen molar-refractivity contribution in [3.8, 4) is 23.6 Å². The van der Waals surface area contributed by atoms with E-state index in [4.69, 9.17) is 34.1 Å². The highest BCUT2D eigenvalue weighted by molar-refractivity contribution is 6.39. The molecule has 4 nitrogen and oxygen atoms in total. The number of rotatable bonds is 3. The third kappa shape index (κ3) is 3.39. The van der Waals surface area contributed by atoms with Gasteiger partial charge in [0.05, 0.1) is 10.0 Å². The maximum Gasteiger partial charge on any atom is 0.261 e. The third-order valence-electron chi connectivity index (χ3n) is 3.58. The molecule has 0 aliphatic rings. The molecule has 3 aromatic rings. The summed E-state index contributed by atoms with van der Waals surface area (Å²) in [6, 6.07) is 12.0. The summed E-state index contributed by atoms with van der Waals surface area (Å²) in [5, 5.41) is 7.51. The van der Waals surface area contributed by atoms with Crippen LogP contribution in [-0.2, 0) is 0 Å². The van der Waals surface area contributed by atoms with Crippen LogP contribution in [0.3, 0.4) is 0 Å². The Morgan fingerprint density at radius 3 is 2.56 bits per heavy atom. The molecule has 0 atom stereocenters. The van der Waals surface area contributed by atoms with Crippen LogP contribution in [0.1, 0.15) is 21.7 Å². The highest BCUT2D eigenvalue weighted by Gasteiger charge is 2.24. The smallest absolute Gasteiger partial charge is 0.261 e. The molecule has 3 rings (SSSR count). The van der Waals surface area contributed by atoms with Crippen molar-refractivity contribution in [3.05, 3.63) is 69.4 Å². The molecule has 25 heavy (non-hydrogen) atoms. The first-order valence-corrected chi connectivity index (χ1v) is 8.05. The Morgan fingerprint density at radius 2 is 1.88 bits per heavy atom. The Bertz CT molecular complexity index is 983. The van der Waals surface area contributed by atoms with Crippen LogP contribution in [0.15, 0.2) is 47.0 Å². The van der Waals surface area contributed by atoms with E-state index in [-0.39, 0.29) is 11.5 Å². The molecule has 0 saturated heterocycles. The number of amides is 1. The van der Waals surface area contributed by atoms with Gasteiger partial charge in [-0.15, -0.1) is 6.42 Å². The minimum Gasteiger partial charge on any atom is -0.360 e. The second kappa shape index (κ2) is 7.02. The average Bonchev–Trinajstić information content (AvgIpc) is 2.96. The van der Waals surface area contributed by atoms with Gasteiger partial charge < -0.3 is 9.84 Å². The number of nitrogens with one attached hydrogen (secondary N) is 1. The van der Waals surface area contributed by atoms with Gasteiger partial charge in [-0.05, 0) is 37.3 Å². The number of hydrogen-bond acceptors (Lipinski definition) is 3.